The average molecular weight is 325 g/mol. The van der Waals surface area contributed by atoms with Gasteiger partial charge in [0.1, 0.15) is 5.82 Å². The normalized spacial score (nSPS) is 10.7. The van der Waals surface area contributed by atoms with E-state index in [0.717, 1.165) is 16.4 Å². The molecule has 5 heteroatoms. The first-order valence-electron chi connectivity index (χ1n) is 7.22. The first-order valence-corrected chi connectivity index (χ1v) is 8.21. The number of benzene rings is 2. The fourth-order valence-electron chi connectivity index (χ4n) is 2.35. The van der Waals surface area contributed by atoms with Gasteiger partial charge in [0.2, 0.25) is 0 Å². The molecule has 0 saturated carbocycles. The van der Waals surface area contributed by atoms with Crippen LogP contribution in [0.2, 0.25) is 0 Å². The van der Waals surface area contributed by atoms with E-state index in [0.29, 0.717) is 17.1 Å². The molecule has 0 fully saturated rings. The number of para-hydroxylation sites is 1. The molecule has 0 spiro atoms. The highest BCUT2D eigenvalue weighted by Gasteiger charge is 2.19. The molecule has 2 aromatic carbocycles. The van der Waals surface area contributed by atoms with Crippen LogP contribution >= 0.6 is 11.8 Å². The highest BCUT2D eigenvalue weighted by atomic mass is 32.2. The van der Waals surface area contributed by atoms with Gasteiger partial charge in [0.25, 0.3) is 0 Å². The maximum atomic E-state index is 14.2. The van der Waals surface area contributed by atoms with Crippen LogP contribution in [-0.2, 0) is 0 Å². The zero-order valence-corrected chi connectivity index (χ0v) is 13.6. The van der Waals surface area contributed by atoms with Gasteiger partial charge < -0.3 is 0 Å². The Morgan fingerprint density at radius 2 is 1.87 bits per heavy atom. The van der Waals surface area contributed by atoms with Crippen molar-refractivity contribution in [2.45, 2.75) is 12.1 Å². The third kappa shape index (κ3) is 3.05. The minimum atomic E-state index is -0.310. The van der Waals surface area contributed by atoms with Crippen molar-refractivity contribution >= 4 is 11.8 Å². The van der Waals surface area contributed by atoms with Crippen molar-refractivity contribution in [3.8, 4) is 17.1 Å². The molecular weight excluding hydrogens is 309 g/mol. The summed E-state index contributed by atoms with van der Waals surface area (Å²) >= 11 is 1.52. The van der Waals surface area contributed by atoms with Crippen molar-refractivity contribution in [3.05, 3.63) is 72.6 Å². The van der Waals surface area contributed by atoms with Crippen LogP contribution in [0.1, 0.15) is 5.56 Å². The van der Waals surface area contributed by atoms with Gasteiger partial charge in [0.15, 0.2) is 11.0 Å². The van der Waals surface area contributed by atoms with E-state index in [2.05, 4.69) is 16.8 Å². The zero-order chi connectivity index (χ0) is 16.2. The molecule has 116 valence electrons. The number of hydrogen-bond acceptors (Lipinski definition) is 3. The molecule has 0 aliphatic rings. The van der Waals surface area contributed by atoms with Crippen LogP contribution in [0.5, 0.6) is 0 Å². The summed E-state index contributed by atoms with van der Waals surface area (Å²) in [4.78, 5) is 0. The summed E-state index contributed by atoms with van der Waals surface area (Å²) in [5.41, 5.74) is 2.46. The monoisotopic (exact) mass is 325 g/mol. The number of aromatic nitrogens is 3. The van der Waals surface area contributed by atoms with E-state index in [-0.39, 0.29) is 5.82 Å². The third-order valence-electron chi connectivity index (χ3n) is 3.43. The van der Waals surface area contributed by atoms with Gasteiger partial charge in [0, 0.05) is 5.75 Å². The van der Waals surface area contributed by atoms with Gasteiger partial charge in [-0.25, -0.2) is 4.39 Å². The number of halogens is 1. The van der Waals surface area contributed by atoms with E-state index >= 15 is 0 Å². The minimum absolute atomic E-state index is 0.310. The summed E-state index contributed by atoms with van der Waals surface area (Å²) in [5, 5.41) is 9.21. The van der Waals surface area contributed by atoms with Gasteiger partial charge in [-0.2, -0.15) is 0 Å². The second-order valence-electron chi connectivity index (χ2n) is 5.01. The molecule has 3 rings (SSSR count). The molecule has 3 aromatic rings. The van der Waals surface area contributed by atoms with Crippen LogP contribution in [0.25, 0.3) is 17.1 Å². The molecule has 3 nitrogen and oxygen atoms in total. The smallest absolute Gasteiger partial charge is 0.196 e. The predicted octanol–water partition coefficient (Wildman–Crippen LogP) is 4.66. The lowest BCUT2D eigenvalue weighted by Crippen LogP contribution is -2.02. The van der Waals surface area contributed by atoms with Crippen molar-refractivity contribution in [2.24, 2.45) is 0 Å². The molecule has 0 bridgehead atoms. The largest absolute Gasteiger partial charge is 0.270 e. The van der Waals surface area contributed by atoms with Crippen molar-refractivity contribution < 1.29 is 4.39 Å². The highest BCUT2D eigenvalue weighted by molar-refractivity contribution is 7.99. The van der Waals surface area contributed by atoms with E-state index in [1.165, 1.54) is 17.8 Å². The summed E-state index contributed by atoms with van der Waals surface area (Å²) in [6, 6.07) is 14.5. The van der Waals surface area contributed by atoms with Crippen LogP contribution in [-0.4, -0.2) is 20.5 Å². The Hall–Kier alpha value is -2.40. The molecule has 0 N–H and O–H groups in total. The molecule has 1 aromatic heterocycles. The van der Waals surface area contributed by atoms with Gasteiger partial charge >= 0.3 is 0 Å². The Balaban J connectivity index is 2.22. The van der Waals surface area contributed by atoms with Crippen molar-refractivity contribution in [2.75, 3.05) is 5.75 Å². The van der Waals surface area contributed by atoms with Gasteiger partial charge in [-0.3, -0.25) is 4.57 Å². The van der Waals surface area contributed by atoms with E-state index < -0.39 is 0 Å². The number of thioether (sulfide) groups is 1. The van der Waals surface area contributed by atoms with Crippen molar-refractivity contribution in [1.29, 1.82) is 0 Å². The standard InChI is InChI=1S/C18H16FN3S/c1-3-12-23-18-21-20-17(14-9-5-6-10-15(14)19)22(18)16-11-7-4-8-13(16)2/h3-11H,1,12H2,2H3. The van der Waals surface area contributed by atoms with E-state index in [4.69, 9.17) is 0 Å². The quantitative estimate of drug-likeness (QED) is 0.505. The lowest BCUT2D eigenvalue weighted by atomic mass is 10.1. The summed E-state index contributed by atoms with van der Waals surface area (Å²) in [6.07, 6.45) is 1.81. The maximum Gasteiger partial charge on any atom is 0.196 e. The summed E-state index contributed by atoms with van der Waals surface area (Å²) in [5.74, 6) is 0.903. The van der Waals surface area contributed by atoms with Gasteiger partial charge in [-0.15, -0.1) is 16.8 Å². The van der Waals surface area contributed by atoms with Crippen LogP contribution in [0.15, 0.2) is 66.3 Å². The fourth-order valence-corrected chi connectivity index (χ4v) is 3.02. The molecule has 1 heterocycles. The van der Waals surface area contributed by atoms with E-state index in [9.17, 15) is 4.39 Å². The maximum absolute atomic E-state index is 14.2. The summed E-state index contributed by atoms with van der Waals surface area (Å²) < 4.78 is 16.1. The molecule has 0 radical (unpaired) electrons. The van der Waals surface area contributed by atoms with Gasteiger partial charge in [-0.1, -0.05) is 48.2 Å². The minimum Gasteiger partial charge on any atom is -0.270 e. The van der Waals surface area contributed by atoms with Crippen LogP contribution in [0, 0.1) is 12.7 Å². The predicted molar refractivity (Wildman–Crippen MR) is 92.4 cm³/mol. The lowest BCUT2D eigenvalue weighted by Gasteiger charge is -2.12. The van der Waals surface area contributed by atoms with Crippen LogP contribution in [0.4, 0.5) is 4.39 Å². The molecule has 0 unspecified atom stereocenters. The van der Waals surface area contributed by atoms with Gasteiger partial charge in [0.05, 0.1) is 11.3 Å². The zero-order valence-electron chi connectivity index (χ0n) is 12.7. The first kappa shape index (κ1) is 15.5. The Morgan fingerprint density at radius 1 is 1.13 bits per heavy atom. The molecule has 0 atom stereocenters. The molecule has 0 saturated heterocycles. The Labute approximate surface area is 138 Å². The second-order valence-corrected chi connectivity index (χ2v) is 5.99. The lowest BCUT2D eigenvalue weighted by molar-refractivity contribution is 0.629. The van der Waals surface area contributed by atoms with Gasteiger partial charge in [-0.05, 0) is 30.7 Å². The summed E-state index contributed by atoms with van der Waals surface area (Å²) in [7, 11) is 0. The Kier molecular flexibility index (Phi) is 4.57. The number of nitrogens with zero attached hydrogens (tertiary/aromatic N) is 3. The molecule has 23 heavy (non-hydrogen) atoms. The fraction of sp³-hybridized carbons (Fsp3) is 0.111. The number of rotatable bonds is 5. The molecule has 0 amide bonds. The number of hydrogen-bond donors (Lipinski definition) is 0. The Bertz CT molecular complexity index is 842. The van der Waals surface area contributed by atoms with E-state index in [1.807, 2.05) is 41.8 Å². The first-order chi connectivity index (χ1) is 11.2. The number of aryl methyl sites for hydroxylation is 1. The van der Waals surface area contributed by atoms with Crippen LogP contribution < -0.4 is 0 Å². The average Bonchev–Trinajstić information content (AvgIpc) is 2.97. The van der Waals surface area contributed by atoms with E-state index in [1.54, 1.807) is 18.2 Å². The molecular formula is C18H16FN3S. The van der Waals surface area contributed by atoms with Crippen LogP contribution in [0.3, 0.4) is 0 Å². The second kappa shape index (κ2) is 6.79. The van der Waals surface area contributed by atoms with Crippen molar-refractivity contribution in [1.82, 2.24) is 14.8 Å². The molecule has 0 aliphatic heterocycles. The third-order valence-corrected chi connectivity index (χ3v) is 4.36. The van der Waals surface area contributed by atoms with Crippen molar-refractivity contribution in [3.63, 3.8) is 0 Å². The topological polar surface area (TPSA) is 30.7 Å². The SMILES string of the molecule is C=CCSc1nnc(-c2ccccc2F)n1-c1ccccc1C. The highest BCUT2D eigenvalue weighted by Crippen LogP contribution is 2.30. The summed E-state index contributed by atoms with van der Waals surface area (Å²) in [6.45, 7) is 5.75. The Morgan fingerprint density at radius 3 is 2.61 bits per heavy atom. The molecule has 0 aliphatic carbocycles.